The van der Waals surface area contributed by atoms with Crippen LogP contribution in [-0.2, 0) is 6.54 Å². The van der Waals surface area contributed by atoms with Crippen LogP contribution in [0.2, 0.25) is 0 Å². The first kappa shape index (κ1) is 21.0. The van der Waals surface area contributed by atoms with Crippen molar-refractivity contribution in [1.82, 2.24) is 19.9 Å². The maximum atomic E-state index is 5.42. The third-order valence-electron chi connectivity index (χ3n) is 6.71. The molecule has 3 aromatic heterocycles. The summed E-state index contributed by atoms with van der Waals surface area (Å²) in [6.45, 7) is 11.7. The van der Waals surface area contributed by atoms with Gasteiger partial charge in [-0.05, 0) is 87.0 Å². The molecule has 0 radical (unpaired) electrons. The molecule has 0 bridgehead atoms. The van der Waals surface area contributed by atoms with Gasteiger partial charge in [0.2, 0.25) is 5.89 Å². The lowest BCUT2D eigenvalue weighted by atomic mass is 9.87. The number of fused-ring (bicyclic) bond motifs is 1. The Labute approximate surface area is 189 Å². The molecule has 4 heterocycles. The van der Waals surface area contributed by atoms with Crippen LogP contribution >= 0.6 is 0 Å². The summed E-state index contributed by atoms with van der Waals surface area (Å²) in [6.07, 6.45) is 5.72. The summed E-state index contributed by atoms with van der Waals surface area (Å²) in [6, 6.07) is 11.4. The number of nitrogens with zero attached hydrogens (tertiary/aromatic N) is 3. The fourth-order valence-corrected chi connectivity index (χ4v) is 5.24. The molecule has 166 valence electrons. The Morgan fingerprint density at radius 1 is 1.09 bits per heavy atom. The molecule has 0 spiro atoms. The molecular formula is C27H32N4O. The van der Waals surface area contributed by atoms with E-state index in [2.05, 4.69) is 77.9 Å². The van der Waals surface area contributed by atoms with E-state index in [9.17, 15) is 0 Å². The molecule has 0 atom stereocenters. The van der Waals surface area contributed by atoms with Gasteiger partial charge in [-0.25, -0.2) is 4.98 Å². The van der Waals surface area contributed by atoms with Crippen molar-refractivity contribution in [2.45, 2.75) is 58.9 Å². The first-order chi connectivity index (χ1) is 15.5. The van der Waals surface area contributed by atoms with Crippen molar-refractivity contribution in [1.29, 1.82) is 0 Å². The predicted octanol–water partition coefficient (Wildman–Crippen LogP) is 6.34. The van der Waals surface area contributed by atoms with Gasteiger partial charge >= 0.3 is 0 Å². The van der Waals surface area contributed by atoms with E-state index >= 15 is 0 Å². The second kappa shape index (κ2) is 8.55. The normalized spacial score (nSPS) is 15.8. The molecule has 5 rings (SSSR count). The Morgan fingerprint density at radius 2 is 1.84 bits per heavy atom. The quantitative estimate of drug-likeness (QED) is 0.403. The first-order valence-electron chi connectivity index (χ1n) is 11.7. The van der Waals surface area contributed by atoms with Crippen molar-refractivity contribution in [3.05, 3.63) is 71.2 Å². The smallest absolute Gasteiger partial charge is 0.208 e. The number of likely N-dealkylation sites (tertiary alicyclic amines) is 1. The summed E-state index contributed by atoms with van der Waals surface area (Å²) in [4.78, 5) is 15.0. The van der Waals surface area contributed by atoms with Crippen molar-refractivity contribution in [3.63, 3.8) is 0 Å². The molecule has 0 saturated carbocycles. The monoisotopic (exact) mass is 428 g/mol. The molecule has 1 saturated heterocycles. The fraction of sp³-hybridized carbons (Fsp3) is 0.407. The minimum absolute atomic E-state index is 0.436. The molecule has 0 aliphatic carbocycles. The van der Waals surface area contributed by atoms with Gasteiger partial charge in [-0.1, -0.05) is 19.9 Å². The molecule has 1 fully saturated rings. The van der Waals surface area contributed by atoms with Crippen LogP contribution in [0.1, 0.15) is 66.9 Å². The summed E-state index contributed by atoms with van der Waals surface area (Å²) >= 11 is 0. The van der Waals surface area contributed by atoms with Crippen LogP contribution in [0, 0.1) is 13.8 Å². The number of rotatable bonds is 5. The minimum atomic E-state index is 0.436. The van der Waals surface area contributed by atoms with Gasteiger partial charge in [0.1, 0.15) is 6.26 Å². The number of aromatic amines is 1. The van der Waals surface area contributed by atoms with Crippen molar-refractivity contribution < 1.29 is 4.42 Å². The number of hydrogen-bond acceptors (Lipinski definition) is 4. The Hall–Kier alpha value is -2.92. The Balaban J connectivity index is 1.43. The molecule has 0 unspecified atom stereocenters. The van der Waals surface area contributed by atoms with Gasteiger partial charge in [-0.3, -0.25) is 9.88 Å². The highest BCUT2D eigenvalue weighted by molar-refractivity contribution is 5.92. The van der Waals surface area contributed by atoms with Crippen LogP contribution in [0.15, 0.2) is 47.2 Å². The van der Waals surface area contributed by atoms with E-state index in [4.69, 9.17) is 4.42 Å². The number of oxazole rings is 1. The third-order valence-corrected chi connectivity index (χ3v) is 6.71. The SMILES string of the molecule is Cc1cc(-c2[nH]c3ccc(C4CCN(Cc5ncco5)CC4)cc3c2C(C)C)cc(C)n1. The topological polar surface area (TPSA) is 58.0 Å². The average molecular weight is 429 g/mol. The Bertz CT molecular complexity index is 1190. The zero-order chi connectivity index (χ0) is 22.2. The molecule has 0 amide bonds. The van der Waals surface area contributed by atoms with E-state index in [0.29, 0.717) is 11.8 Å². The zero-order valence-electron chi connectivity index (χ0n) is 19.5. The summed E-state index contributed by atoms with van der Waals surface area (Å²) in [5, 5.41) is 1.36. The van der Waals surface area contributed by atoms with Crippen LogP contribution in [0.4, 0.5) is 0 Å². The highest BCUT2D eigenvalue weighted by atomic mass is 16.3. The van der Waals surface area contributed by atoms with Crippen LogP contribution < -0.4 is 0 Å². The van der Waals surface area contributed by atoms with Crippen LogP contribution in [0.3, 0.4) is 0 Å². The summed E-state index contributed by atoms with van der Waals surface area (Å²) in [5.74, 6) is 1.85. The number of benzene rings is 1. The summed E-state index contributed by atoms with van der Waals surface area (Å²) in [5.41, 5.74) is 8.69. The van der Waals surface area contributed by atoms with Crippen molar-refractivity contribution >= 4 is 10.9 Å². The van der Waals surface area contributed by atoms with E-state index < -0.39 is 0 Å². The maximum absolute atomic E-state index is 5.42. The summed E-state index contributed by atoms with van der Waals surface area (Å²) < 4.78 is 5.42. The van der Waals surface area contributed by atoms with Gasteiger partial charge in [-0.2, -0.15) is 0 Å². The van der Waals surface area contributed by atoms with E-state index in [0.717, 1.165) is 36.9 Å². The van der Waals surface area contributed by atoms with E-state index in [1.165, 1.54) is 46.1 Å². The lowest BCUT2D eigenvalue weighted by Crippen LogP contribution is -2.32. The van der Waals surface area contributed by atoms with E-state index in [1.807, 2.05) is 0 Å². The molecule has 1 aliphatic heterocycles. The minimum Gasteiger partial charge on any atom is -0.448 e. The maximum Gasteiger partial charge on any atom is 0.208 e. The molecular weight excluding hydrogens is 396 g/mol. The van der Waals surface area contributed by atoms with Crippen LogP contribution in [0.25, 0.3) is 22.2 Å². The van der Waals surface area contributed by atoms with Gasteiger partial charge < -0.3 is 9.40 Å². The third kappa shape index (κ3) is 4.09. The van der Waals surface area contributed by atoms with Crippen LogP contribution in [-0.4, -0.2) is 32.9 Å². The van der Waals surface area contributed by atoms with Gasteiger partial charge in [0.05, 0.1) is 18.4 Å². The van der Waals surface area contributed by atoms with Gasteiger partial charge in [0.15, 0.2) is 0 Å². The van der Waals surface area contributed by atoms with Crippen molar-refractivity contribution in [2.24, 2.45) is 0 Å². The number of piperidine rings is 1. The molecule has 32 heavy (non-hydrogen) atoms. The van der Waals surface area contributed by atoms with Crippen molar-refractivity contribution in [3.8, 4) is 11.3 Å². The van der Waals surface area contributed by atoms with Gasteiger partial charge in [0, 0.05) is 27.9 Å². The number of H-pyrrole nitrogens is 1. The zero-order valence-corrected chi connectivity index (χ0v) is 19.5. The second-order valence-electron chi connectivity index (χ2n) is 9.49. The molecule has 1 aromatic carbocycles. The molecule has 1 N–H and O–H groups in total. The number of pyridine rings is 1. The lowest BCUT2D eigenvalue weighted by Gasteiger charge is -2.31. The highest BCUT2D eigenvalue weighted by Gasteiger charge is 2.23. The summed E-state index contributed by atoms with van der Waals surface area (Å²) in [7, 11) is 0. The molecule has 5 heteroatoms. The standard InChI is InChI=1S/C27H32N4O/c1-17(2)26-23-15-21(20-7-10-31(11-8-20)16-25-28-9-12-32-25)5-6-24(23)30-27(26)22-13-18(3)29-19(4)14-22/h5-6,9,12-15,17,20,30H,7-8,10-11,16H2,1-4H3. The largest absolute Gasteiger partial charge is 0.448 e. The number of aromatic nitrogens is 3. The Morgan fingerprint density at radius 3 is 2.50 bits per heavy atom. The number of aryl methyl sites for hydroxylation is 2. The lowest BCUT2D eigenvalue weighted by molar-refractivity contribution is 0.187. The average Bonchev–Trinajstić information content (AvgIpc) is 3.40. The van der Waals surface area contributed by atoms with Crippen LogP contribution in [0.5, 0.6) is 0 Å². The first-order valence-corrected chi connectivity index (χ1v) is 11.7. The number of nitrogens with one attached hydrogen (secondary N) is 1. The Kier molecular flexibility index (Phi) is 5.60. The van der Waals surface area contributed by atoms with E-state index in [1.54, 1.807) is 12.5 Å². The van der Waals surface area contributed by atoms with Gasteiger partial charge in [-0.15, -0.1) is 0 Å². The van der Waals surface area contributed by atoms with Gasteiger partial charge in [0.25, 0.3) is 0 Å². The molecule has 1 aliphatic rings. The van der Waals surface area contributed by atoms with Crippen molar-refractivity contribution in [2.75, 3.05) is 13.1 Å². The highest BCUT2D eigenvalue weighted by Crippen LogP contribution is 2.38. The molecule has 5 nitrogen and oxygen atoms in total. The predicted molar refractivity (Wildman–Crippen MR) is 129 cm³/mol. The number of hydrogen-bond donors (Lipinski definition) is 1. The molecule has 4 aromatic rings. The second-order valence-corrected chi connectivity index (χ2v) is 9.49. The fourth-order valence-electron chi connectivity index (χ4n) is 5.24. The van der Waals surface area contributed by atoms with E-state index in [-0.39, 0.29) is 0 Å².